The van der Waals surface area contributed by atoms with Gasteiger partial charge in [0.15, 0.2) is 0 Å². The Morgan fingerprint density at radius 3 is 2.62 bits per heavy atom. The molecule has 2 heterocycles. The van der Waals surface area contributed by atoms with Crippen molar-refractivity contribution in [3.8, 4) is 5.88 Å². The van der Waals surface area contributed by atoms with E-state index in [-0.39, 0.29) is 6.09 Å². The first-order chi connectivity index (χ1) is 10.3. The first kappa shape index (κ1) is 13.6. The van der Waals surface area contributed by atoms with Crippen molar-refractivity contribution in [3.05, 3.63) is 59.8 Å². The smallest absolute Gasteiger partial charge is 0.391 e. The highest BCUT2D eigenvalue weighted by molar-refractivity contribution is 5.70. The average Bonchev–Trinajstić information content (AvgIpc) is 3.05. The topological polar surface area (TPSA) is 42.4 Å². The van der Waals surface area contributed by atoms with Gasteiger partial charge in [-0.25, -0.2) is 9.78 Å². The molecule has 1 saturated heterocycles. The van der Waals surface area contributed by atoms with Gasteiger partial charge in [0, 0.05) is 31.3 Å². The third-order valence-corrected chi connectivity index (χ3v) is 3.64. The van der Waals surface area contributed by atoms with Gasteiger partial charge in [0.05, 0.1) is 0 Å². The number of carbonyl (C=O) groups is 1. The lowest BCUT2D eigenvalue weighted by atomic mass is 10.1. The first-order valence-corrected chi connectivity index (χ1v) is 7.27. The zero-order valence-corrected chi connectivity index (χ0v) is 11.9. The van der Waals surface area contributed by atoms with Gasteiger partial charge >= 0.3 is 6.09 Å². The summed E-state index contributed by atoms with van der Waals surface area (Å²) in [5.41, 5.74) is 2.10. The second-order valence-corrected chi connectivity index (χ2v) is 5.19. The summed E-state index contributed by atoms with van der Waals surface area (Å²) >= 11 is 0. The Labute approximate surface area is 124 Å². The number of ether oxygens (including phenoxy) is 1. The van der Waals surface area contributed by atoms with Crippen molar-refractivity contribution in [2.45, 2.75) is 19.3 Å². The number of likely N-dealkylation sites (tertiary alicyclic amines) is 1. The summed E-state index contributed by atoms with van der Waals surface area (Å²) in [6.07, 6.45) is 4.17. The molecule has 0 unspecified atom stereocenters. The largest absolute Gasteiger partial charge is 0.416 e. The highest BCUT2D eigenvalue weighted by Crippen LogP contribution is 2.20. The molecule has 0 radical (unpaired) electrons. The molecule has 1 aromatic heterocycles. The van der Waals surface area contributed by atoms with Crippen LogP contribution < -0.4 is 4.74 Å². The van der Waals surface area contributed by atoms with E-state index in [2.05, 4.69) is 17.1 Å². The van der Waals surface area contributed by atoms with Crippen molar-refractivity contribution >= 4 is 6.09 Å². The van der Waals surface area contributed by atoms with E-state index < -0.39 is 0 Å². The normalized spacial score (nSPS) is 14.2. The molecular weight excluding hydrogens is 264 g/mol. The SMILES string of the molecule is O=C(Oc1ncccc1Cc1ccccc1)N1CCCC1. The number of nitrogens with zero attached hydrogens (tertiary/aromatic N) is 2. The van der Waals surface area contributed by atoms with Crippen molar-refractivity contribution in [2.75, 3.05) is 13.1 Å². The molecule has 0 aliphatic carbocycles. The standard InChI is InChI=1S/C17H18N2O2/c20-17(19-11-4-5-12-19)21-16-15(9-6-10-18-16)13-14-7-2-1-3-8-14/h1-3,6-10H,4-5,11-13H2. The van der Waals surface area contributed by atoms with E-state index in [0.29, 0.717) is 12.3 Å². The Bertz CT molecular complexity index is 607. The van der Waals surface area contributed by atoms with Gasteiger partial charge in [-0.05, 0) is 24.5 Å². The van der Waals surface area contributed by atoms with Crippen LogP contribution in [0.2, 0.25) is 0 Å². The maximum Gasteiger partial charge on any atom is 0.416 e. The van der Waals surface area contributed by atoms with Crippen LogP contribution in [0.25, 0.3) is 0 Å². The monoisotopic (exact) mass is 282 g/mol. The minimum absolute atomic E-state index is 0.291. The Morgan fingerprint density at radius 1 is 1.10 bits per heavy atom. The van der Waals surface area contributed by atoms with Crippen LogP contribution in [-0.4, -0.2) is 29.1 Å². The van der Waals surface area contributed by atoms with E-state index in [9.17, 15) is 4.79 Å². The molecule has 1 aliphatic rings. The minimum Gasteiger partial charge on any atom is -0.391 e. The number of pyridine rings is 1. The van der Waals surface area contributed by atoms with Crippen molar-refractivity contribution in [2.24, 2.45) is 0 Å². The summed E-state index contributed by atoms with van der Waals surface area (Å²) in [4.78, 5) is 18.0. The van der Waals surface area contributed by atoms with Crippen LogP contribution in [0.5, 0.6) is 5.88 Å². The summed E-state index contributed by atoms with van der Waals surface area (Å²) in [5.74, 6) is 0.415. The van der Waals surface area contributed by atoms with E-state index in [1.165, 1.54) is 5.56 Å². The second kappa shape index (κ2) is 6.39. The average molecular weight is 282 g/mol. The Kier molecular flexibility index (Phi) is 4.15. The molecule has 0 atom stereocenters. The number of carbonyl (C=O) groups excluding carboxylic acids is 1. The van der Waals surface area contributed by atoms with Crippen LogP contribution in [0.1, 0.15) is 24.0 Å². The molecule has 1 aromatic carbocycles. The lowest BCUT2D eigenvalue weighted by molar-refractivity contribution is 0.160. The van der Waals surface area contributed by atoms with Gasteiger partial charge < -0.3 is 9.64 Å². The summed E-state index contributed by atoms with van der Waals surface area (Å²) in [5, 5.41) is 0. The van der Waals surface area contributed by atoms with Gasteiger partial charge in [-0.3, -0.25) is 0 Å². The summed E-state index contributed by atoms with van der Waals surface area (Å²) in [6.45, 7) is 1.55. The predicted molar refractivity (Wildman–Crippen MR) is 80.3 cm³/mol. The number of hydrogen-bond donors (Lipinski definition) is 0. The van der Waals surface area contributed by atoms with Crippen LogP contribution in [0.4, 0.5) is 4.79 Å². The maximum absolute atomic E-state index is 12.1. The van der Waals surface area contributed by atoms with Gasteiger partial charge in [-0.2, -0.15) is 0 Å². The third-order valence-electron chi connectivity index (χ3n) is 3.64. The molecule has 0 N–H and O–H groups in total. The third kappa shape index (κ3) is 3.40. The van der Waals surface area contributed by atoms with Gasteiger partial charge in [0.2, 0.25) is 5.88 Å². The number of hydrogen-bond acceptors (Lipinski definition) is 3. The number of aromatic nitrogens is 1. The first-order valence-electron chi connectivity index (χ1n) is 7.27. The van der Waals surface area contributed by atoms with Crippen LogP contribution in [0.3, 0.4) is 0 Å². The summed E-state index contributed by atoms with van der Waals surface area (Å²) in [7, 11) is 0. The summed E-state index contributed by atoms with van der Waals surface area (Å²) < 4.78 is 5.48. The van der Waals surface area contributed by atoms with E-state index in [1.54, 1.807) is 11.1 Å². The van der Waals surface area contributed by atoms with Gasteiger partial charge in [0.25, 0.3) is 0 Å². The van der Waals surface area contributed by atoms with Crippen molar-refractivity contribution < 1.29 is 9.53 Å². The Balaban J connectivity index is 1.74. The molecule has 0 saturated carbocycles. The molecule has 0 bridgehead atoms. The number of benzene rings is 1. The van der Waals surface area contributed by atoms with E-state index >= 15 is 0 Å². The molecule has 1 amide bonds. The highest BCUT2D eigenvalue weighted by atomic mass is 16.6. The molecule has 108 valence electrons. The molecule has 1 fully saturated rings. The Morgan fingerprint density at radius 2 is 1.86 bits per heavy atom. The zero-order valence-electron chi connectivity index (χ0n) is 11.9. The quantitative estimate of drug-likeness (QED) is 0.867. The zero-order chi connectivity index (χ0) is 14.5. The van der Waals surface area contributed by atoms with Crippen molar-refractivity contribution in [1.82, 2.24) is 9.88 Å². The fourth-order valence-electron chi connectivity index (χ4n) is 2.51. The number of amides is 1. The summed E-state index contributed by atoms with van der Waals surface area (Å²) in [6, 6.07) is 13.9. The van der Waals surface area contributed by atoms with Crippen LogP contribution >= 0.6 is 0 Å². The van der Waals surface area contributed by atoms with Crippen molar-refractivity contribution in [3.63, 3.8) is 0 Å². The van der Waals surface area contributed by atoms with Gasteiger partial charge in [0.1, 0.15) is 0 Å². The van der Waals surface area contributed by atoms with E-state index in [4.69, 9.17) is 4.74 Å². The van der Waals surface area contributed by atoms with E-state index in [1.807, 2.05) is 30.3 Å². The van der Waals surface area contributed by atoms with Crippen LogP contribution in [-0.2, 0) is 6.42 Å². The van der Waals surface area contributed by atoms with Gasteiger partial charge in [-0.15, -0.1) is 0 Å². The number of rotatable bonds is 3. The molecular formula is C17H18N2O2. The molecule has 1 aliphatic heterocycles. The fraction of sp³-hybridized carbons (Fsp3) is 0.294. The molecule has 2 aromatic rings. The lowest BCUT2D eigenvalue weighted by Crippen LogP contribution is -2.31. The molecule has 21 heavy (non-hydrogen) atoms. The molecule has 0 spiro atoms. The fourth-order valence-corrected chi connectivity index (χ4v) is 2.51. The van der Waals surface area contributed by atoms with Crippen LogP contribution in [0.15, 0.2) is 48.7 Å². The maximum atomic E-state index is 12.1. The second-order valence-electron chi connectivity index (χ2n) is 5.19. The van der Waals surface area contributed by atoms with E-state index in [0.717, 1.165) is 31.5 Å². The minimum atomic E-state index is -0.291. The molecule has 4 nitrogen and oxygen atoms in total. The van der Waals surface area contributed by atoms with Gasteiger partial charge in [-0.1, -0.05) is 36.4 Å². The molecule has 3 rings (SSSR count). The lowest BCUT2D eigenvalue weighted by Gasteiger charge is -2.15. The van der Waals surface area contributed by atoms with Crippen molar-refractivity contribution in [1.29, 1.82) is 0 Å². The predicted octanol–water partition coefficient (Wildman–Crippen LogP) is 3.27. The highest BCUT2D eigenvalue weighted by Gasteiger charge is 2.21. The Hall–Kier alpha value is -2.36. The molecule has 4 heteroatoms. The van der Waals surface area contributed by atoms with Crippen LogP contribution in [0, 0.1) is 0 Å².